The Kier molecular flexibility index (Phi) is 7.05. The predicted octanol–water partition coefficient (Wildman–Crippen LogP) is 1.35. The van der Waals surface area contributed by atoms with E-state index in [0.29, 0.717) is 49.7 Å². The van der Waals surface area contributed by atoms with Crippen molar-refractivity contribution in [3.8, 4) is 0 Å². The molecule has 0 amide bonds. The van der Waals surface area contributed by atoms with Gasteiger partial charge in [-0.2, -0.15) is 10.4 Å². The summed E-state index contributed by atoms with van der Waals surface area (Å²) in [6.45, 7) is 6.11. The molecule has 0 saturated carbocycles. The van der Waals surface area contributed by atoms with Gasteiger partial charge in [-0.1, -0.05) is 31.2 Å². The molecule has 26 heavy (non-hydrogen) atoms. The van der Waals surface area contributed by atoms with Crippen LogP contribution in [0.15, 0.2) is 0 Å². The third-order valence-corrected chi connectivity index (χ3v) is 4.46. The first-order valence-electron chi connectivity index (χ1n) is 8.88. The van der Waals surface area contributed by atoms with Gasteiger partial charge in [0, 0.05) is 37.5 Å². The van der Waals surface area contributed by atoms with E-state index < -0.39 is 5.41 Å². The van der Waals surface area contributed by atoms with Crippen molar-refractivity contribution in [3.05, 3.63) is 11.6 Å². The maximum atomic E-state index is 12.2. The zero-order chi connectivity index (χ0) is 19.0. The van der Waals surface area contributed by atoms with E-state index in [2.05, 4.69) is 55.1 Å². The molecule has 0 aliphatic carbocycles. The number of H-pyrrole nitrogens is 2. The van der Waals surface area contributed by atoms with E-state index in [-0.39, 0.29) is 18.0 Å². The van der Waals surface area contributed by atoms with E-state index in [4.69, 9.17) is 0 Å². The maximum Gasteiger partial charge on any atom is 0.180 e. The number of carbonyl (C=O) groups excluding carboxylic acids is 2. The average molecular weight is 362 g/mol. The van der Waals surface area contributed by atoms with Gasteiger partial charge in [0.25, 0.3) is 0 Å². The van der Waals surface area contributed by atoms with Crippen molar-refractivity contribution in [1.29, 1.82) is 0 Å². The highest BCUT2D eigenvalue weighted by Crippen LogP contribution is 2.29. The fourth-order valence-corrected chi connectivity index (χ4v) is 2.70. The van der Waals surface area contributed by atoms with Gasteiger partial charge in [0.05, 0.1) is 0 Å². The molecule has 0 aliphatic rings. The van der Waals surface area contributed by atoms with Gasteiger partial charge < -0.3 is 0 Å². The Morgan fingerprint density at radius 2 is 1.62 bits per heavy atom. The normalized spacial score (nSPS) is 13.7. The number of carbonyl (C=O) groups is 2. The molecule has 0 bridgehead atoms. The summed E-state index contributed by atoms with van der Waals surface area (Å²) in [5, 5.41) is 28.1. The Balaban J connectivity index is 1.87. The zero-order valence-corrected chi connectivity index (χ0v) is 15.5. The highest BCUT2D eigenvalue weighted by atomic mass is 16.1. The third-order valence-electron chi connectivity index (χ3n) is 4.46. The number of aromatic amines is 2. The first-order valence-corrected chi connectivity index (χ1v) is 8.88. The molecule has 0 aromatic carbocycles. The molecule has 0 fully saturated rings. The minimum Gasteiger partial charge on any atom is -0.300 e. The molecule has 10 heteroatoms. The Hall–Kier alpha value is -2.52. The minimum absolute atomic E-state index is 0.0609. The Morgan fingerprint density at radius 1 is 0.962 bits per heavy atom. The minimum atomic E-state index is -0.547. The molecule has 1 atom stereocenters. The van der Waals surface area contributed by atoms with Crippen molar-refractivity contribution in [3.63, 3.8) is 0 Å². The monoisotopic (exact) mass is 362 g/mol. The zero-order valence-electron chi connectivity index (χ0n) is 15.5. The maximum absolute atomic E-state index is 12.2. The topological polar surface area (TPSA) is 143 Å². The van der Waals surface area contributed by atoms with Crippen molar-refractivity contribution >= 4 is 11.6 Å². The van der Waals surface area contributed by atoms with E-state index in [1.807, 2.05) is 6.92 Å². The van der Waals surface area contributed by atoms with Crippen LogP contribution in [0.2, 0.25) is 0 Å². The lowest BCUT2D eigenvalue weighted by Gasteiger charge is -2.24. The van der Waals surface area contributed by atoms with Crippen LogP contribution in [0.4, 0.5) is 0 Å². The Labute approximate surface area is 151 Å². The first kappa shape index (κ1) is 19.8. The van der Waals surface area contributed by atoms with Gasteiger partial charge >= 0.3 is 0 Å². The van der Waals surface area contributed by atoms with Crippen LogP contribution in [0.5, 0.6) is 0 Å². The summed E-state index contributed by atoms with van der Waals surface area (Å²) in [5.74, 6) is 1.73. The second kappa shape index (κ2) is 9.25. The van der Waals surface area contributed by atoms with Crippen LogP contribution >= 0.6 is 0 Å². The van der Waals surface area contributed by atoms with Crippen molar-refractivity contribution < 1.29 is 9.59 Å². The van der Waals surface area contributed by atoms with Crippen molar-refractivity contribution in [1.82, 2.24) is 41.2 Å². The van der Waals surface area contributed by atoms with Crippen LogP contribution < -0.4 is 0 Å². The number of aromatic nitrogens is 8. The second-order valence-corrected chi connectivity index (χ2v) is 7.31. The van der Waals surface area contributed by atoms with E-state index in [0.717, 1.165) is 6.42 Å². The van der Waals surface area contributed by atoms with E-state index in [1.54, 1.807) is 0 Å². The number of Topliss-reactive ketones (excluding diaryl/α,β-unsaturated/α-hetero) is 2. The number of ketones is 2. The molecule has 2 aromatic rings. The summed E-state index contributed by atoms with van der Waals surface area (Å²) >= 11 is 0. The molecule has 0 radical (unpaired) electrons. The Morgan fingerprint density at radius 3 is 2.19 bits per heavy atom. The van der Waals surface area contributed by atoms with E-state index in [9.17, 15) is 9.59 Å². The summed E-state index contributed by atoms with van der Waals surface area (Å²) in [4.78, 5) is 24.1. The van der Waals surface area contributed by atoms with Gasteiger partial charge in [-0.25, -0.2) is 0 Å². The number of rotatable bonds is 12. The second-order valence-electron chi connectivity index (χ2n) is 7.31. The number of tetrazole rings is 2. The SMILES string of the molecule is CC(C)CCC(=O)CCC(=O)CCC(C)(Cc1nn[nH]n1)c1nn[nH]n1. The lowest BCUT2D eigenvalue weighted by atomic mass is 9.80. The molecule has 142 valence electrons. The summed E-state index contributed by atoms with van der Waals surface area (Å²) in [6.07, 6.45) is 3.29. The van der Waals surface area contributed by atoms with Gasteiger partial charge in [0.2, 0.25) is 0 Å². The highest BCUT2D eigenvalue weighted by Gasteiger charge is 2.33. The number of hydrogen-bond acceptors (Lipinski definition) is 8. The van der Waals surface area contributed by atoms with Crippen molar-refractivity contribution in [2.24, 2.45) is 5.92 Å². The average Bonchev–Trinajstić information content (AvgIpc) is 3.30. The standard InChI is InChI=1S/C16H26N8O2/c1-11(2)4-5-12(25)6-7-13(26)8-9-16(3,15-19-23-24-20-15)10-14-17-21-22-18-14/h11H,4-10H2,1-3H3,(H,17,18,21,22)(H,19,20,23,24). The van der Waals surface area contributed by atoms with Crippen LogP contribution in [-0.2, 0) is 21.4 Å². The molecule has 1 unspecified atom stereocenters. The summed E-state index contributed by atoms with van der Waals surface area (Å²) in [7, 11) is 0. The molecular formula is C16H26N8O2. The lowest BCUT2D eigenvalue weighted by molar-refractivity contribution is -0.124. The molecule has 0 spiro atoms. The fraction of sp³-hybridized carbons (Fsp3) is 0.750. The van der Waals surface area contributed by atoms with Gasteiger partial charge in [0.15, 0.2) is 11.6 Å². The lowest BCUT2D eigenvalue weighted by Crippen LogP contribution is -2.28. The van der Waals surface area contributed by atoms with Crippen LogP contribution in [0.1, 0.15) is 70.9 Å². The number of nitrogens with one attached hydrogen (secondary N) is 2. The smallest absolute Gasteiger partial charge is 0.180 e. The van der Waals surface area contributed by atoms with E-state index in [1.165, 1.54) is 0 Å². The van der Waals surface area contributed by atoms with Crippen LogP contribution in [0.3, 0.4) is 0 Å². The van der Waals surface area contributed by atoms with Crippen LogP contribution in [0.25, 0.3) is 0 Å². The van der Waals surface area contributed by atoms with E-state index >= 15 is 0 Å². The van der Waals surface area contributed by atoms with Gasteiger partial charge in [-0.3, -0.25) is 9.59 Å². The summed E-state index contributed by atoms with van der Waals surface area (Å²) < 4.78 is 0. The Bertz CT molecular complexity index is 683. The molecule has 2 N–H and O–H groups in total. The predicted molar refractivity (Wildman–Crippen MR) is 92.0 cm³/mol. The largest absolute Gasteiger partial charge is 0.300 e. The summed E-state index contributed by atoms with van der Waals surface area (Å²) in [6, 6.07) is 0. The molecule has 2 rings (SSSR count). The summed E-state index contributed by atoms with van der Waals surface area (Å²) in [5.41, 5.74) is -0.547. The van der Waals surface area contributed by atoms with Gasteiger partial charge in [-0.15, -0.1) is 20.4 Å². The van der Waals surface area contributed by atoms with Gasteiger partial charge in [0.1, 0.15) is 11.6 Å². The van der Waals surface area contributed by atoms with Crippen molar-refractivity contribution in [2.45, 2.75) is 71.1 Å². The number of nitrogens with zero attached hydrogens (tertiary/aromatic N) is 6. The molecule has 10 nitrogen and oxygen atoms in total. The molecule has 0 saturated heterocycles. The highest BCUT2D eigenvalue weighted by molar-refractivity contribution is 5.86. The van der Waals surface area contributed by atoms with Crippen LogP contribution in [0, 0.1) is 5.92 Å². The quantitative estimate of drug-likeness (QED) is 0.576. The fourth-order valence-electron chi connectivity index (χ4n) is 2.70. The number of hydrogen-bond donors (Lipinski definition) is 2. The third kappa shape index (κ3) is 6.08. The van der Waals surface area contributed by atoms with Crippen LogP contribution in [-0.4, -0.2) is 52.8 Å². The molecule has 2 aromatic heterocycles. The molecule has 2 heterocycles. The van der Waals surface area contributed by atoms with Gasteiger partial charge in [-0.05, 0) is 18.8 Å². The molecular weight excluding hydrogens is 336 g/mol. The van der Waals surface area contributed by atoms with Crippen molar-refractivity contribution in [2.75, 3.05) is 0 Å². The molecule has 0 aliphatic heterocycles. The first-order chi connectivity index (χ1) is 12.4.